The molecule has 6 heteroatoms. The number of aromatic nitrogens is 3. The van der Waals surface area contributed by atoms with Crippen molar-refractivity contribution >= 4 is 28.7 Å². The molecule has 22 heavy (non-hydrogen) atoms. The highest BCUT2D eigenvalue weighted by Gasteiger charge is 2.25. The molecular weight excluding hydrogens is 296 g/mol. The highest BCUT2D eigenvalue weighted by atomic mass is 32.2. The third kappa shape index (κ3) is 2.97. The van der Waals surface area contributed by atoms with Crippen LogP contribution in [0.2, 0.25) is 0 Å². The number of carbonyl (C=O) groups is 1. The number of nitrogens with zero attached hydrogens (tertiary/aromatic N) is 4. The Balaban J connectivity index is 1.89. The van der Waals surface area contributed by atoms with Crippen molar-refractivity contribution in [1.82, 2.24) is 19.4 Å². The van der Waals surface area contributed by atoms with Crippen molar-refractivity contribution in [2.75, 3.05) is 18.8 Å². The molecule has 0 aliphatic carbocycles. The lowest BCUT2D eigenvalue weighted by molar-refractivity contribution is 0.0764. The Morgan fingerprint density at radius 3 is 3.09 bits per heavy atom. The van der Waals surface area contributed by atoms with Crippen LogP contribution in [0.5, 0.6) is 0 Å². The van der Waals surface area contributed by atoms with Gasteiger partial charge in [-0.2, -0.15) is 11.8 Å². The van der Waals surface area contributed by atoms with E-state index in [9.17, 15) is 4.79 Å². The number of aryl methyl sites for hydroxylation is 1. The maximum Gasteiger partial charge on any atom is 0.257 e. The van der Waals surface area contributed by atoms with Gasteiger partial charge in [0.15, 0.2) is 0 Å². The molecule has 2 aromatic rings. The quantitative estimate of drug-likeness (QED) is 0.873. The average Bonchev–Trinajstić information content (AvgIpc) is 2.76. The van der Waals surface area contributed by atoms with Crippen molar-refractivity contribution in [3.8, 4) is 0 Å². The molecule has 1 fully saturated rings. The second-order valence-electron chi connectivity index (χ2n) is 5.73. The molecule has 1 atom stereocenters. The van der Waals surface area contributed by atoms with Gasteiger partial charge in [-0.3, -0.25) is 9.78 Å². The summed E-state index contributed by atoms with van der Waals surface area (Å²) >= 11 is 1.96. The molecule has 1 aliphatic rings. The normalized spacial score (nSPS) is 19.4. The van der Waals surface area contributed by atoms with E-state index in [1.807, 2.05) is 28.3 Å². The lowest BCUT2D eigenvalue weighted by Crippen LogP contribution is -2.36. The number of rotatable bonds is 3. The van der Waals surface area contributed by atoms with Gasteiger partial charge < -0.3 is 9.47 Å². The second-order valence-corrected chi connectivity index (χ2v) is 7.31. The van der Waals surface area contributed by atoms with Crippen LogP contribution in [0.25, 0.3) is 11.0 Å². The summed E-state index contributed by atoms with van der Waals surface area (Å²) in [6.07, 6.45) is 8.62. The smallest absolute Gasteiger partial charge is 0.257 e. The predicted octanol–water partition coefficient (Wildman–Crippen LogP) is 2.72. The molecule has 1 saturated heterocycles. The number of likely N-dealkylation sites (tertiary alicyclic amines) is 1. The molecule has 0 aromatic carbocycles. The Bertz CT molecular complexity index is 669. The third-order valence-corrected chi connectivity index (χ3v) is 5.36. The first-order valence-corrected chi connectivity index (χ1v) is 8.91. The molecule has 3 rings (SSSR count). The van der Waals surface area contributed by atoms with Crippen molar-refractivity contribution in [1.29, 1.82) is 0 Å². The number of pyridine rings is 1. The van der Waals surface area contributed by atoms with Gasteiger partial charge in [-0.25, -0.2) is 4.98 Å². The number of hydrogen-bond donors (Lipinski definition) is 0. The summed E-state index contributed by atoms with van der Waals surface area (Å²) in [4.78, 5) is 23.5. The molecule has 3 heterocycles. The fourth-order valence-corrected chi connectivity index (χ4v) is 4.19. The summed E-state index contributed by atoms with van der Waals surface area (Å²) in [5.41, 5.74) is 2.33. The van der Waals surface area contributed by atoms with E-state index < -0.39 is 0 Å². The van der Waals surface area contributed by atoms with Crippen molar-refractivity contribution in [3.05, 3.63) is 24.3 Å². The first kappa shape index (κ1) is 15.3. The number of fused-ring (bicyclic) bond motifs is 1. The maximum absolute atomic E-state index is 13.0. The van der Waals surface area contributed by atoms with Gasteiger partial charge in [-0.1, -0.05) is 13.3 Å². The van der Waals surface area contributed by atoms with Crippen LogP contribution in [-0.2, 0) is 7.05 Å². The van der Waals surface area contributed by atoms with E-state index >= 15 is 0 Å². The van der Waals surface area contributed by atoms with E-state index in [0.717, 1.165) is 36.3 Å². The topological polar surface area (TPSA) is 51.0 Å². The largest absolute Gasteiger partial charge is 0.337 e. The molecule has 0 saturated carbocycles. The molecule has 118 valence electrons. The highest BCUT2D eigenvalue weighted by Crippen LogP contribution is 2.24. The zero-order valence-corrected chi connectivity index (χ0v) is 14.0. The summed E-state index contributed by atoms with van der Waals surface area (Å²) in [6.45, 7) is 3.86. The van der Waals surface area contributed by atoms with Crippen LogP contribution in [-0.4, -0.2) is 49.4 Å². The molecule has 1 unspecified atom stereocenters. The zero-order chi connectivity index (χ0) is 15.5. The van der Waals surface area contributed by atoms with Crippen molar-refractivity contribution in [3.63, 3.8) is 0 Å². The van der Waals surface area contributed by atoms with Crippen LogP contribution < -0.4 is 0 Å². The average molecular weight is 318 g/mol. The Kier molecular flexibility index (Phi) is 4.66. The number of carbonyl (C=O) groups excluding carboxylic acids is 1. The van der Waals surface area contributed by atoms with Crippen molar-refractivity contribution in [2.24, 2.45) is 7.05 Å². The molecule has 0 bridgehead atoms. The molecule has 0 N–H and O–H groups in total. The van der Waals surface area contributed by atoms with E-state index in [0.29, 0.717) is 10.8 Å². The fraction of sp³-hybridized carbons (Fsp3) is 0.562. The summed E-state index contributed by atoms with van der Waals surface area (Å²) in [5.74, 6) is 1.19. The maximum atomic E-state index is 13.0. The SMILES string of the molecule is CCSC1CCCCN(C(=O)c2cncc3ncn(C)c23)C1. The lowest BCUT2D eigenvalue weighted by Gasteiger charge is -2.24. The lowest BCUT2D eigenvalue weighted by atomic mass is 10.2. The van der Waals surface area contributed by atoms with Crippen molar-refractivity contribution in [2.45, 2.75) is 31.4 Å². The van der Waals surface area contributed by atoms with Crippen LogP contribution in [0.1, 0.15) is 36.5 Å². The van der Waals surface area contributed by atoms with Crippen LogP contribution in [0, 0.1) is 0 Å². The second kappa shape index (κ2) is 6.69. The van der Waals surface area contributed by atoms with Gasteiger partial charge in [0.05, 0.1) is 23.6 Å². The summed E-state index contributed by atoms with van der Waals surface area (Å²) in [5, 5.41) is 0.551. The van der Waals surface area contributed by atoms with Gasteiger partial charge in [-0.05, 0) is 18.6 Å². The monoisotopic (exact) mass is 318 g/mol. The fourth-order valence-electron chi connectivity index (χ4n) is 3.10. The Labute approximate surface area is 135 Å². The van der Waals surface area contributed by atoms with Gasteiger partial charge >= 0.3 is 0 Å². The highest BCUT2D eigenvalue weighted by molar-refractivity contribution is 7.99. The van der Waals surface area contributed by atoms with Gasteiger partial charge in [0.25, 0.3) is 5.91 Å². The Hall–Kier alpha value is -1.56. The summed E-state index contributed by atoms with van der Waals surface area (Å²) in [7, 11) is 1.92. The molecular formula is C16H22N4OS. The Morgan fingerprint density at radius 2 is 2.27 bits per heavy atom. The van der Waals surface area contributed by atoms with E-state index in [1.54, 1.807) is 18.7 Å². The van der Waals surface area contributed by atoms with E-state index in [-0.39, 0.29) is 5.91 Å². The minimum Gasteiger partial charge on any atom is -0.337 e. The summed E-state index contributed by atoms with van der Waals surface area (Å²) in [6, 6.07) is 0. The number of amides is 1. The van der Waals surface area contributed by atoms with Crippen molar-refractivity contribution < 1.29 is 4.79 Å². The van der Waals surface area contributed by atoms with Gasteiger partial charge in [0.2, 0.25) is 0 Å². The number of thioether (sulfide) groups is 1. The molecule has 1 aliphatic heterocycles. The van der Waals surface area contributed by atoms with Crippen LogP contribution in [0.3, 0.4) is 0 Å². The first-order chi connectivity index (χ1) is 10.7. The van der Waals surface area contributed by atoms with E-state index in [1.165, 1.54) is 12.8 Å². The first-order valence-electron chi connectivity index (χ1n) is 7.86. The third-order valence-electron chi connectivity index (χ3n) is 4.17. The molecule has 5 nitrogen and oxygen atoms in total. The van der Waals surface area contributed by atoms with Gasteiger partial charge in [0.1, 0.15) is 5.52 Å². The zero-order valence-electron chi connectivity index (χ0n) is 13.2. The minimum atomic E-state index is 0.0882. The molecule has 2 aromatic heterocycles. The van der Waals surface area contributed by atoms with Crippen LogP contribution in [0.15, 0.2) is 18.7 Å². The van der Waals surface area contributed by atoms with E-state index in [2.05, 4.69) is 16.9 Å². The van der Waals surface area contributed by atoms with Crippen LogP contribution >= 0.6 is 11.8 Å². The minimum absolute atomic E-state index is 0.0882. The molecule has 0 radical (unpaired) electrons. The number of imidazole rings is 1. The van der Waals surface area contributed by atoms with Crippen LogP contribution in [0.4, 0.5) is 0 Å². The standard InChI is InChI=1S/C16H22N4OS/c1-3-22-12-6-4-5-7-20(10-12)16(21)13-8-17-9-14-15(13)19(2)11-18-14/h8-9,11-12H,3-7,10H2,1-2H3. The number of hydrogen-bond acceptors (Lipinski definition) is 4. The Morgan fingerprint density at radius 1 is 1.41 bits per heavy atom. The van der Waals surface area contributed by atoms with Gasteiger partial charge in [-0.15, -0.1) is 0 Å². The summed E-state index contributed by atoms with van der Waals surface area (Å²) < 4.78 is 1.90. The van der Waals surface area contributed by atoms with E-state index in [4.69, 9.17) is 0 Å². The van der Waals surface area contributed by atoms with Gasteiger partial charge in [0, 0.05) is 31.6 Å². The molecule has 0 spiro atoms. The predicted molar refractivity (Wildman–Crippen MR) is 90.2 cm³/mol. The molecule has 1 amide bonds.